The van der Waals surface area contributed by atoms with Crippen LogP contribution in [0.1, 0.15) is 35.6 Å². The van der Waals surface area contributed by atoms with E-state index in [1.54, 1.807) is 18.2 Å². The zero-order valence-corrected chi connectivity index (χ0v) is 16.0. The van der Waals surface area contributed by atoms with Crippen molar-refractivity contribution in [3.8, 4) is 0 Å². The second kappa shape index (κ2) is 8.96. The Morgan fingerprint density at radius 1 is 0.962 bits per heavy atom. The molecule has 2 aromatic rings. The molecule has 0 aliphatic rings. The van der Waals surface area contributed by atoms with Gasteiger partial charge in [0.25, 0.3) is 0 Å². The van der Waals surface area contributed by atoms with Crippen LogP contribution < -0.4 is 0 Å². The van der Waals surface area contributed by atoms with Gasteiger partial charge in [-0.15, -0.1) is 0 Å². The lowest BCUT2D eigenvalue weighted by atomic mass is 10.1. The van der Waals surface area contributed by atoms with Gasteiger partial charge in [-0.05, 0) is 28.7 Å². The summed E-state index contributed by atoms with van der Waals surface area (Å²) in [5.74, 6) is -0.908. The number of hydrogen-bond acceptors (Lipinski definition) is 3. The molecule has 2 rings (SSSR count). The number of sulfonamides is 1. The highest BCUT2D eigenvalue weighted by Crippen LogP contribution is 2.16. The van der Waals surface area contributed by atoms with Crippen LogP contribution in [0.15, 0.2) is 48.5 Å². The van der Waals surface area contributed by atoms with Gasteiger partial charge in [-0.3, -0.25) is 4.79 Å². The summed E-state index contributed by atoms with van der Waals surface area (Å²) >= 11 is 0. The molecule has 0 bridgehead atoms. The lowest BCUT2D eigenvalue weighted by Gasteiger charge is -2.20. The summed E-state index contributed by atoms with van der Waals surface area (Å²) in [6, 6.07) is 15.0. The van der Waals surface area contributed by atoms with E-state index in [-0.39, 0.29) is 19.5 Å². The van der Waals surface area contributed by atoms with Crippen LogP contribution in [-0.2, 0) is 40.7 Å². The van der Waals surface area contributed by atoms with Crippen molar-refractivity contribution in [3.05, 3.63) is 70.8 Å². The Labute approximate surface area is 155 Å². The number of hydrogen-bond donors (Lipinski definition) is 1. The third kappa shape index (κ3) is 6.28. The molecule has 0 heterocycles. The van der Waals surface area contributed by atoms with Crippen molar-refractivity contribution in [2.24, 2.45) is 0 Å². The summed E-state index contributed by atoms with van der Waals surface area (Å²) in [5.41, 5.74) is 3.60. The van der Waals surface area contributed by atoms with Crippen LogP contribution in [0.3, 0.4) is 0 Å². The molecule has 26 heavy (non-hydrogen) atoms. The average molecular weight is 375 g/mol. The zero-order valence-electron chi connectivity index (χ0n) is 15.2. The van der Waals surface area contributed by atoms with Crippen LogP contribution in [0.4, 0.5) is 0 Å². The summed E-state index contributed by atoms with van der Waals surface area (Å²) in [5, 5.41) is 8.92. The number of benzene rings is 2. The van der Waals surface area contributed by atoms with Gasteiger partial charge >= 0.3 is 5.97 Å². The summed E-state index contributed by atoms with van der Waals surface area (Å²) in [4.78, 5) is 10.9. The standard InChI is InChI=1S/C20H25NO4S/c1-3-5-16-8-10-17(11-9-16)14-21(26(2,24)25)15-19-7-4-6-18(12-19)13-20(22)23/h4,6-12H,3,5,13-15H2,1-2H3,(H,22,23). The number of nitrogens with zero attached hydrogens (tertiary/aromatic N) is 1. The molecule has 0 saturated heterocycles. The van der Waals surface area contributed by atoms with Gasteiger partial charge in [0, 0.05) is 13.1 Å². The lowest BCUT2D eigenvalue weighted by molar-refractivity contribution is -0.136. The summed E-state index contributed by atoms with van der Waals surface area (Å²) in [6.07, 6.45) is 3.19. The van der Waals surface area contributed by atoms with E-state index in [4.69, 9.17) is 5.11 Å². The highest BCUT2D eigenvalue weighted by atomic mass is 32.2. The maximum Gasteiger partial charge on any atom is 0.307 e. The second-order valence-corrected chi connectivity index (χ2v) is 8.47. The molecule has 140 valence electrons. The van der Waals surface area contributed by atoms with Gasteiger partial charge < -0.3 is 5.11 Å². The smallest absolute Gasteiger partial charge is 0.307 e. The highest BCUT2D eigenvalue weighted by molar-refractivity contribution is 7.88. The number of carboxylic acid groups (broad SMARTS) is 1. The van der Waals surface area contributed by atoms with Gasteiger partial charge in [-0.1, -0.05) is 61.9 Å². The first-order valence-corrected chi connectivity index (χ1v) is 10.5. The predicted octanol–water partition coefficient (Wildman–Crippen LogP) is 3.23. The fraction of sp³-hybridized carbons (Fsp3) is 0.350. The van der Waals surface area contributed by atoms with Crippen molar-refractivity contribution >= 4 is 16.0 Å². The predicted molar refractivity (Wildman–Crippen MR) is 102 cm³/mol. The Morgan fingerprint density at radius 3 is 2.12 bits per heavy atom. The van der Waals surface area contributed by atoms with Crippen LogP contribution in [0.5, 0.6) is 0 Å². The van der Waals surface area contributed by atoms with Crippen LogP contribution in [0.25, 0.3) is 0 Å². The number of carbonyl (C=O) groups is 1. The Morgan fingerprint density at radius 2 is 1.54 bits per heavy atom. The molecule has 0 aliphatic carbocycles. The molecule has 5 nitrogen and oxygen atoms in total. The molecule has 0 unspecified atom stereocenters. The Hall–Kier alpha value is -2.18. The van der Waals surface area contributed by atoms with Gasteiger partial charge in [-0.25, -0.2) is 8.42 Å². The first-order valence-electron chi connectivity index (χ1n) is 8.60. The normalized spacial score (nSPS) is 11.7. The minimum atomic E-state index is -3.40. The molecule has 6 heteroatoms. The summed E-state index contributed by atoms with van der Waals surface area (Å²) in [7, 11) is -3.40. The number of aryl methyl sites for hydroxylation is 1. The van der Waals surface area contributed by atoms with Crippen LogP contribution in [-0.4, -0.2) is 30.1 Å². The number of carboxylic acids is 1. The Bertz CT molecular complexity index is 844. The molecule has 0 fully saturated rings. The van der Waals surface area contributed by atoms with E-state index in [2.05, 4.69) is 6.92 Å². The highest BCUT2D eigenvalue weighted by Gasteiger charge is 2.18. The molecular weight excluding hydrogens is 350 g/mol. The van der Waals surface area contributed by atoms with E-state index in [0.717, 1.165) is 24.0 Å². The van der Waals surface area contributed by atoms with Crippen molar-refractivity contribution in [3.63, 3.8) is 0 Å². The average Bonchev–Trinajstić information content (AvgIpc) is 2.55. The largest absolute Gasteiger partial charge is 0.481 e. The SMILES string of the molecule is CCCc1ccc(CN(Cc2cccc(CC(=O)O)c2)S(C)(=O)=O)cc1. The van der Waals surface area contributed by atoms with E-state index in [9.17, 15) is 13.2 Å². The third-order valence-corrected chi connectivity index (χ3v) is 5.29. The van der Waals surface area contributed by atoms with Crippen LogP contribution in [0.2, 0.25) is 0 Å². The van der Waals surface area contributed by atoms with Gasteiger partial charge in [0.1, 0.15) is 0 Å². The molecule has 0 spiro atoms. The van der Waals surface area contributed by atoms with Gasteiger partial charge in [-0.2, -0.15) is 4.31 Å². The molecule has 1 N–H and O–H groups in total. The molecule has 2 aromatic carbocycles. The van der Waals surface area contributed by atoms with E-state index < -0.39 is 16.0 Å². The topological polar surface area (TPSA) is 74.7 Å². The van der Waals surface area contributed by atoms with Crippen LogP contribution >= 0.6 is 0 Å². The maximum absolute atomic E-state index is 12.2. The summed E-state index contributed by atoms with van der Waals surface area (Å²) in [6.45, 7) is 2.62. The van der Waals surface area contributed by atoms with E-state index in [0.29, 0.717) is 5.56 Å². The van der Waals surface area contributed by atoms with Crippen molar-refractivity contribution in [2.45, 2.75) is 39.3 Å². The van der Waals surface area contributed by atoms with E-state index in [1.165, 1.54) is 16.1 Å². The fourth-order valence-corrected chi connectivity index (χ4v) is 3.58. The second-order valence-electron chi connectivity index (χ2n) is 6.49. The first kappa shape index (κ1) is 20.1. The molecule has 0 aromatic heterocycles. The minimum absolute atomic E-state index is 0.0778. The Balaban J connectivity index is 2.16. The van der Waals surface area contributed by atoms with Gasteiger partial charge in [0.05, 0.1) is 12.7 Å². The maximum atomic E-state index is 12.2. The summed E-state index contributed by atoms with van der Waals surface area (Å²) < 4.78 is 25.8. The molecule has 0 radical (unpaired) electrons. The van der Waals surface area contributed by atoms with Crippen LogP contribution in [0, 0.1) is 0 Å². The lowest BCUT2D eigenvalue weighted by Crippen LogP contribution is -2.29. The molecule has 0 amide bonds. The van der Waals surface area contributed by atoms with Crippen molar-refractivity contribution in [2.75, 3.05) is 6.26 Å². The van der Waals surface area contributed by atoms with Gasteiger partial charge in [0.15, 0.2) is 0 Å². The molecule has 0 aliphatic heterocycles. The molecular formula is C20H25NO4S. The quantitative estimate of drug-likeness (QED) is 0.730. The number of rotatable bonds is 9. The van der Waals surface area contributed by atoms with Gasteiger partial charge in [0.2, 0.25) is 10.0 Å². The molecule has 0 atom stereocenters. The minimum Gasteiger partial charge on any atom is -0.481 e. The van der Waals surface area contributed by atoms with Crippen molar-refractivity contribution in [1.29, 1.82) is 0 Å². The third-order valence-electron chi connectivity index (χ3n) is 4.10. The number of aliphatic carboxylic acids is 1. The monoisotopic (exact) mass is 375 g/mol. The zero-order chi connectivity index (χ0) is 19.2. The van der Waals surface area contributed by atoms with Crippen molar-refractivity contribution < 1.29 is 18.3 Å². The first-order chi connectivity index (χ1) is 12.3. The van der Waals surface area contributed by atoms with E-state index in [1.807, 2.05) is 30.3 Å². The van der Waals surface area contributed by atoms with E-state index >= 15 is 0 Å². The molecule has 0 saturated carbocycles. The fourth-order valence-electron chi connectivity index (χ4n) is 2.81. The van der Waals surface area contributed by atoms with Crippen molar-refractivity contribution in [1.82, 2.24) is 4.31 Å². The Kier molecular flexibility index (Phi) is 6.94.